The lowest BCUT2D eigenvalue weighted by atomic mass is 10.1. The molecule has 0 saturated carbocycles. The Labute approximate surface area is 136 Å². The Morgan fingerprint density at radius 2 is 1.91 bits per heavy atom. The molecule has 0 atom stereocenters. The molecule has 3 rings (SSSR count). The zero-order valence-corrected chi connectivity index (χ0v) is 13.1. The summed E-state index contributed by atoms with van der Waals surface area (Å²) in [5.41, 5.74) is 3.86. The summed E-state index contributed by atoms with van der Waals surface area (Å²) >= 11 is 3.28. The summed E-state index contributed by atoms with van der Waals surface area (Å²) in [6.45, 7) is 0. The Morgan fingerprint density at radius 1 is 1.09 bits per heavy atom. The summed E-state index contributed by atoms with van der Waals surface area (Å²) in [5.74, 6) is -0.300. The molecule has 108 valence electrons. The highest BCUT2D eigenvalue weighted by molar-refractivity contribution is 9.10. The second-order valence-corrected chi connectivity index (χ2v) is 5.61. The molecule has 0 saturated heterocycles. The number of amides is 1. The summed E-state index contributed by atoms with van der Waals surface area (Å²) in [4.78, 5) is 15.9. The number of pyridine rings is 1. The molecule has 1 N–H and O–H groups in total. The summed E-state index contributed by atoms with van der Waals surface area (Å²) < 4.78 is 0.749. The molecule has 5 heteroatoms. The number of hydrogen-bond donors (Lipinski definition) is 1. The lowest BCUT2D eigenvalue weighted by Crippen LogP contribution is -2.17. The molecule has 3 aromatic rings. The minimum Gasteiger partial charge on any atom is -0.267 e. The average Bonchev–Trinajstić information content (AvgIpc) is 2.54. The van der Waals surface area contributed by atoms with Crippen LogP contribution >= 0.6 is 15.9 Å². The van der Waals surface area contributed by atoms with Crippen molar-refractivity contribution in [1.82, 2.24) is 10.4 Å². The van der Waals surface area contributed by atoms with Crippen molar-refractivity contribution in [1.29, 1.82) is 0 Å². The summed E-state index contributed by atoms with van der Waals surface area (Å²) in [7, 11) is 0. The van der Waals surface area contributed by atoms with Gasteiger partial charge in [-0.25, -0.2) is 5.43 Å². The van der Waals surface area contributed by atoms with Gasteiger partial charge >= 0.3 is 0 Å². The molecule has 0 fully saturated rings. The predicted molar refractivity (Wildman–Crippen MR) is 90.9 cm³/mol. The number of fused-ring (bicyclic) bond motifs is 1. The van der Waals surface area contributed by atoms with Crippen LogP contribution in [0, 0.1) is 0 Å². The molecule has 1 amide bonds. The van der Waals surface area contributed by atoms with E-state index in [1.54, 1.807) is 18.5 Å². The molecule has 1 heterocycles. The maximum atomic E-state index is 11.9. The summed E-state index contributed by atoms with van der Waals surface area (Å²) in [5, 5.41) is 6.29. The van der Waals surface area contributed by atoms with Gasteiger partial charge in [0.25, 0.3) is 5.91 Å². The highest BCUT2D eigenvalue weighted by atomic mass is 79.9. The molecular weight excluding hydrogens is 342 g/mol. The second kappa shape index (κ2) is 6.49. The fourth-order valence-corrected chi connectivity index (χ4v) is 2.42. The fraction of sp³-hybridized carbons (Fsp3) is 0. The van der Waals surface area contributed by atoms with Gasteiger partial charge in [-0.3, -0.25) is 9.78 Å². The number of hydrogen-bond acceptors (Lipinski definition) is 3. The van der Waals surface area contributed by atoms with Crippen LogP contribution < -0.4 is 5.43 Å². The topological polar surface area (TPSA) is 54.4 Å². The van der Waals surface area contributed by atoms with E-state index in [1.807, 2.05) is 36.4 Å². The third kappa shape index (κ3) is 3.38. The highest BCUT2D eigenvalue weighted by Crippen LogP contribution is 2.14. The standard InChI is InChI=1S/C17H12BrN3O/c18-16-8-15(10-19-11-16)17(22)21-20-9-12-5-6-13-3-1-2-4-14(13)7-12/h1-11H,(H,21,22)/b20-9-. The maximum absolute atomic E-state index is 11.9. The van der Waals surface area contributed by atoms with Gasteiger partial charge in [-0.05, 0) is 44.4 Å². The lowest BCUT2D eigenvalue weighted by molar-refractivity contribution is 0.0954. The van der Waals surface area contributed by atoms with E-state index in [-0.39, 0.29) is 5.91 Å². The molecule has 4 nitrogen and oxygen atoms in total. The number of aromatic nitrogens is 1. The summed E-state index contributed by atoms with van der Waals surface area (Å²) in [6, 6.07) is 15.8. The number of carbonyl (C=O) groups excluding carboxylic acids is 1. The van der Waals surface area contributed by atoms with E-state index in [0.29, 0.717) is 5.56 Å². The van der Waals surface area contributed by atoms with Crippen LogP contribution in [0.5, 0.6) is 0 Å². The molecule has 0 radical (unpaired) electrons. The van der Waals surface area contributed by atoms with Crippen LogP contribution in [0.2, 0.25) is 0 Å². The summed E-state index contributed by atoms with van der Waals surface area (Å²) in [6.07, 6.45) is 4.73. The minimum atomic E-state index is -0.300. The van der Waals surface area contributed by atoms with Gasteiger partial charge in [0.1, 0.15) is 0 Å². The second-order valence-electron chi connectivity index (χ2n) is 4.70. The SMILES string of the molecule is O=C(N/N=C\c1ccc2ccccc2c1)c1cncc(Br)c1. The number of nitrogens with zero attached hydrogens (tertiary/aromatic N) is 2. The Morgan fingerprint density at radius 3 is 2.73 bits per heavy atom. The number of halogens is 1. The molecule has 0 aliphatic carbocycles. The van der Waals surface area contributed by atoms with E-state index < -0.39 is 0 Å². The Balaban J connectivity index is 1.72. The number of carbonyl (C=O) groups is 1. The van der Waals surface area contributed by atoms with Crippen molar-refractivity contribution in [3.8, 4) is 0 Å². The number of benzene rings is 2. The van der Waals surface area contributed by atoms with Crippen LogP contribution in [0.1, 0.15) is 15.9 Å². The smallest absolute Gasteiger partial charge is 0.267 e. The normalized spacial score (nSPS) is 11.0. The molecule has 0 spiro atoms. The van der Waals surface area contributed by atoms with E-state index >= 15 is 0 Å². The van der Waals surface area contributed by atoms with Crippen LogP contribution in [-0.4, -0.2) is 17.1 Å². The van der Waals surface area contributed by atoms with Gasteiger partial charge in [-0.2, -0.15) is 5.10 Å². The van der Waals surface area contributed by atoms with Crippen molar-refractivity contribution in [2.45, 2.75) is 0 Å². The molecule has 1 aromatic heterocycles. The molecule has 22 heavy (non-hydrogen) atoms. The van der Waals surface area contributed by atoms with Gasteiger partial charge in [-0.15, -0.1) is 0 Å². The van der Waals surface area contributed by atoms with Gasteiger partial charge in [0.2, 0.25) is 0 Å². The van der Waals surface area contributed by atoms with Gasteiger partial charge in [-0.1, -0.05) is 36.4 Å². The average molecular weight is 354 g/mol. The van der Waals surface area contributed by atoms with Gasteiger partial charge in [0.05, 0.1) is 11.8 Å². The highest BCUT2D eigenvalue weighted by Gasteiger charge is 2.04. The van der Waals surface area contributed by atoms with Crippen LogP contribution in [0.15, 0.2) is 70.5 Å². The van der Waals surface area contributed by atoms with Gasteiger partial charge < -0.3 is 0 Å². The van der Waals surface area contributed by atoms with E-state index in [1.165, 1.54) is 11.6 Å². The maximum Gasteiger partial charge on any atom is 0.272 e. The van der Waals surface area contributed by atoms with Crippen molar-refractivity contribution in [2.75, 3.05) is 0 Å². The molecule has 0 aliphatic heterocycles. The molecular formula is C17H12BrN3O. The Bertz CT molecular complexity index is 861. The van der Waals surface area contributed by atoms with E-state index in [0.717, 1.165) is 15.4 Å². The first kappa shape index (κ1) is 14.4. The van der Waals surface area contributed by atoms with Crippen molar-refractivity contribution in [2.24, 2.45) is 5.10 Å². The quantitative estimate of drug-likeness (QED) is 0.575. The van der Waals surface area contributed by atoms with Crippen LogP contribution in [0.3, 0.4) is 0 Å². The largest absolute Gasteiger partial charge is 0.272 e. The van der Waals surface area contributed by atoms with Crippen molar-refractivity contribution in [3.63, 3.8) is 0 Å². The monoisotopic (exact) mass is 353 g/mol. The van der Waals surface area contributed by atoms with Crippen molar-refractivity contribution < 1.29 is 4.79 Å². The Kier molecular flexibility index (Phi) is 4.25. The minimum absolute atomic E-state index is 0.300. The molecule has 0 aliphatic rings. The zero-order chi connectivity index (χ0) is 15.4. The van der Waals surface area contributed by atoms with Crippen LogP contribution in [-0.2, 0) is 0 Å². The van der Waals surface area contributed by atoms with Crippen LogP contribution in [0.25, 0.3) is 10.8 Å². The molecule has 2 aromatic carbocycles. The van der Waals surface area contributed by atoms with E-state index in [4.69, 9.17) is 0 Å². The predicted octanol–water partition coefficient (Wildman–Crippen LogP) is 3.76. The van der Waals surface area contributed by atoms with E-state index in [9.17, 15) is 4.79 Å². The van der Waals surface area contributed by atoms with Crippen molar-refractivity contribution >= 4 is 38.8 Å². The van der Waals surface area contributed by atoms with Crippen molar-refractivity contribution in [3.05, 3.63) is 76.5 Å². The molecule has 0 bridgehead atoms. The first-order valence-corrected chi connectivity index (χ1v) is 7.44. The third-order valence-corrected chi connectivity index (χ3v) is 3.55. The first-order chi connectivity index (χ1) is 10.7. The van der Waals surface area contributed by atoms with Gasteiger partial charge in [0.15, 0.2) is 0 Å². The first-order valence-electron chi connectivity index (χ1n) is 6.65. The molecule has 0 unspecified atom stereocenters. The number of rotatable bonds is 3. The van der Waals surface area contributed by atoms with Gasteiger partial charge in [0, 0.05) is 16.9 Å². The number of nitrogens with one attached hydrogen (secondary N) is 1. The zero-order valence-electron chi connectivity index (χ0n) is 11.5. The van der Waals surface area contributed by atoms with Crippen LogP contribution in [0.4, 0.5) is 0 Å². The third-order valence-electron chi connectivity index (χ3n) is 3.12. The lowest BCUT2D eigenvalue weighted by Gasteiger charge is -2.01. The number of hydrazone groups is 1. The van der Waals surface area contributed by atoms with E-state index in [2.05, 4.69) is 37.5 Å². The Hall–Kier alpha value is -2.53. The fourth-order valence-electron chi connectivity index (χ4n) is 2.05.